The number of aromatic nitrogens is 5. The normalized spacial score (nSPS) is 11.9. The molecule has 0 amide bonds. The molecule has 0 fully saturated rings. The quantitative estimate of drug-likeness (QED) is 0.233. The molecule has 1 unspecified atom stereocenters. The van der Waals surface area contributed by atoms with Gasteiger partial charge in [0, 0.05) is 36.4 Å². The van der Waals surface area contributed by atoms with Gasteiger partial charge >= 0.3 is 0 Å². The third-order valence-corrected chi connectivity index (χ3v) is 6.34. The minimum Gasteiger partial charge on any atom is -0.493 e. The van der Waals surface area contributed by atoms with E-state index in [-0.39, 0.29) is 12.1 Å². The van der Waals surface area contributed by atoms with Gasteiger partial charge in [0.1, 0.15) is 11.4 Å². The second-order valence-electron chi connectivity index (χ2n) is 8.63. The fourth-order valence-corrected chi connectivity index (χ4v) is 4.52. The molecule has 4 N–H and O–H groups in total. The lowest BCUT2D eigenvalue weighted by Crippen LogP contribution is -2.17. The van der Waals surface area contributed by atoms with E-state index < -0.39 is 6.10 Å². The maximum Gasteiger partial charge on any atom is 0.261 e. The first-order valence-corrected chi connectivity index (χ1v) is 11.9. The number of nitrogens with one attached hydrogen (secondary N) is 3. The van der Waals surface area contributed by atoms with Crippen LogP contribution >= 0.6 is 0 Å². The molecule has 0 spiro atoms. The summed E-state index contributed by atoms with van der Waals surface area (Å²) in [7, 11) is 4.53. The summed E-state index contributed by atoms with van der Waals surface area (Å²) in [6, 6.07) is 9.11. The zero-order chi connectivity index (χ0) is 26.8. The molecule has 0 aliphatic carbocycles. The SMILES string of the molecule is COc1ccc(C(O)CNc2cc[nH]c(=O)c2-c2nc3c(C)cc(-n4ccnc4)cc3[nH]2)c(OC)c1OC. The number of ether oxygens (including phenoxy) is 3. The molecule has 38 heavy (non-hydrogen) atoms. The molecule has 196 valence electrons. The third kappa shape index (κ3) is 4.43. The molecule has 0 aliphatic heterocycles. The molecule has 3 aromatic heterocycles. The number of imidazole rings is 2. The van der Waals surface area contributed by atoms with E-state index in [9.17, 15) is 9.90 Å². The van der Waals surface area contributed by atoms with Gasteiger partial charge in [0.15, 0.2) is 11.5 Å². The lowest BCUT2D eigenvalue weighted by molar-refractivity contribution is 0.185. The minimum atomic E-state index is -0.979. The number of anilines is 1. The molecule has 0 radical (unpaired) electrons. The van der Waals surface area contributed by atoms with Crippen molar-refractivity contribution in [3.8, 4) is 34.3 Å². The van der Waals surface area contributed by atoms with Gasteiger partial charge < -0.3 is 39.2 Å². The van der Waals surface area contributed by atoms with Gasteiger partial charge in [-0.3, -0.25) is 4.79 Å². The first kappa shape index (κ1) is 24.9. The van der Waals surface area contributed by atoms with Crippen molar-refractivity contribution in [3.63, 3.8) is 0 Å². The standard InChI is InChI=1S/C27H28N6O5/c1-15-11-16(33-10-9-28-14-33)12-19-23(15)32-26(31-19)22-18(7-8-29-27(22)35)30-13-20(34)17-5-6-21(36-2)25(38-4)24(17)37-3/h5-12,14,20,34H,13H2,1-4H3,(H,31,32)(H2,29,30,35). The minimum absolute atomic E-state index is 0.0896. The molecular weight excluding hydrogens is 488 g/mol. The van der Waals surface area contributed by atoms with Crippen LogP contribution in [0.3, 0.4) is 0 Å². The number of aryl methyl sites for hydroxylation is 1. The Hall–Kier alpha value is -4.77. The van der Waals surface area contributed by atoms with E-state index in [1.807, 2.05) is 29.8 Å². The van der Waals surface area contributed by atoms with Crippen molar-refractivity contribution in [2.45, 2.75) is 13.0 Å². The van der Waals surface area contributed by atoms with Crippen LogP contribution in [-0.2, 0) is 0 Å². The van der Waals surface area contributed by atoms with Gasteiger partial charge in [0.2, 0.25) is 5.75 Å². The molecule has 5 rings (SSSR count). The molecule has 5 aromatic rings. The Morgan fingerprint density at radius 1 is 1.11 bits per heavy atom. The van der Waals surface area contributed by atoms with Crippen molar-refractivity contribution >= 4 is 16.7 Å². The summed E-state index contributed by atoms with van der Waals surface area (Å²) in [5.74, 6) is 1.65. The van der Waals surface area contributed by atoms with Crippen molar-refractivity contribution < 1.29 is 19.3 Å². The topological polar surface area (TPSA) is 139 Å². The van der Waals surface area contributed by atoms with E-state index in [0.29, 0.717) is 39.9 Å². The maximum atomic E-state index is 12.9. The summed E-state index contributed by atoms with van der Waals surface area (Å²) >= 11 is 0. The smallest absolute Gasteiger partial charge is 0.261 e. The van der Waals surface area contributed by atoms with Crippen LogP contribution in [0.1, 0.15) is 17.2 Å². The Labute approximate surface area is 218 Å². The number of aromatic amines is 2. The fraction of sp³-hybridized carbons (Fsp3) is 0.222. The second-order valence-corrected chi connectivity index (χ2v) is 8.63. The van der Waals surface area contributed by atoms with Gasteiger partial charge in [-0.25, -0.2) is 9.97 Å². The Morgan fingerprint density at radius 3 is 2.63 bits per heavy atom. The lowest BCUT2D eigenvalue weighted by Gasteiger charge is -2.20. The fourth-order valence-electron chi connectivity index (χ4n) is 4.52. The highest BCUT2D eigenvalue weighted by molar-refractivity contribution is 5.86. The molecular formula is C27H28N6O5. The van der Waals surface area contributed by atoms with Gasteiger partial charge in [-0.05, 0) is 42.8 Å². The number of aliphatic hydroxyl groups is 1. The average molecular weight is 517 g/mol. The molecule has 1 atom stereocenters. The number of hydrogen-bond donors (Lipinski definition) is 4. The monoisotopic (exact) mass is 516 g/mol. The highest BCUT2D eigenvalue weighted by Gasteiger charge is 2.22. The predicted octanol–water partition coefficient (Wildman–Crippen LogP) is 3.58. The largest absolute Gasteiger partial charge is 0.493 e. The van der Waals surface area contributed by atoms with Crippen molar-refractivity contribution in [1.29, 1.82) is 0 Å². The summed E-state index contributed by atoms with van der Waals surface area (Å²) in [6.07, 6.45) is 5.86. The summed E-state index contributed by atoms with van der Waals surface area (Å²) in [5.41, 5.74) is 4.45. The number of benzene rings is 2. The van der Waals surface area contributed by atoms with Crippen LogP contribution in [0.4, 0.5) is 5.69 Å². The number of nitrogens with zero attached hydrogens (tertiary/aromatic N) is 3. The van der Waals surface area contributed by atoms with Crippen LogP contribution in [0.25, 0.3) is 28.1 Å². The summed E-state index contributed by atoms with van der Waals surface area (Å²) < 4.78 is 18.2. The summed E-state index contributed by atoms with van der Waals surface area (Å²) in [6.45, 7) is 2.06. The molecule has 0 bridgehead atoms. The molecule has 0 saturated heterocycles. The van der Waals surface area contributed by atoms with Gasteiger partial charge in [-0.2, -0.15) is 0 Å². The van der Waals surface area contributed by atoms with Gasteiger partial charge in [0.05, 0.1) is 50.5 Å². The number of hydrogen-bond acceptors (Lipinski definition) is 8. The van der Waals surface area contributed by atoms with E-state index in [4.69, 9.17) is 19.2 Å². The lowest BCUT2D eigenvalue weighted by atomic mass is 10.1. The zero-order valence-electron chi connectivity index (χ0n) is 21.4. The van der Waals surface area contributed by atoms with Gasteiger partial charge in [-0.1, -0.05) is 0 Å². The molecule has 11 heteroatoms. The van der Waals surface area contributed by atoms with E-state index in [1.165, 1.54) is 21.3 Å². The van der Waals surface area contributed by atoms with Crippen LogP contribution in [-0.4, -0.2) is 57.5 Å². The van der Waals surface area contributed by atoms with E-state index in [0.717, 1.165) is 22.3 Å². The van der Waals surface area contributed by atoms with Crippen molar-refractivity contribution in [2.75, 3.05) is 33.2 Å². The summed E-state index contributed by atoms with van der Waals surface area (Å²) in [5, 5.41) is 14.2. The maximum absolute atomic E-state index is 12.9. The van der Waals surface area contributed by atoms with Crippen molar-refractivity contribution in [1.82, 2.24) is 24.5 Å². The first-order chi connectivity index (χ1) is 18.4. The predicted molar refractivity (Wildman–Crippen MR) is 144 cm³/mol. The van der Waals surface area contributed by atoms with Crippen molar-refractivity contribution in [3.05, 3.63) is 76.7 Å². The Morgan fingerprint density at radius 2 is 1.92 bits per heavy atom. The van der Waals surface area contributed by atoms with Crippen LogP contribution in [0.5, 0.6) is 17.2 Å². The number of H-pyrrole nitrogens is 2. The number of rotatable bonds is 9. The van der Waals surface area contributed by atoms with Crippen LogP contribution in [0, 0.1) is 6.92 Å². The number of aliphatic hydroxyl groups excluding tert-OH is 1. The zero-order valence-corrected chi connectivity index (χ0v) is 21.4. The summed E-state index contributed by atoms with van der Waals surface area (Å²) in [4.78, 5) is 27.8. The van der Waals surface area contributed by atoms with Crippen molar-refractivity contribution in [2.24, 2.45) is 0 Å². The molecule has 11 nitrogen and oxygen atoms in total. The van der Waals surface area contributed by atoms with E-state index in [1.54, 1.807) is 36.9 Å². The number of methoxy groups -OCH3 is 3. The second kappa shape index (κ2) is 10.3. The molecule has 2 aromatic carbocycles. The van der Waals surface area contributed by atoms with E-state index >= 15 is 0 Å². The molecule has 3 heterocycles. The van der Waals surface area contributed by atoms with Gasteiger partial charge in [-0.15, -0.1) is 0 Å². The molecule has 0 saturated carbocycles. The molecule has 0 aliphatic rings. The van der Waals surface area contributed by atoms with E-state index in [2.05, 4.69) is 20.3 Å². The van der Waals surface area contributed by atoms with Crippen LogP contribution < -0.4 is 25.1 Å². The Kier molecular flexibility index (Phi) is 6.75. The van der Waals surface area contributed by atoms with Crippen LogP contribution in [0.2, 0.25) is 0 Å². The first-order valence-electron chi connectivity index (χ1n) is 11.9. The number of fused-ring (bicyclic) bond motifs is 1. The highest BCUT2D eigenvalue weighted by atomic mass is 16.5. The Bertz CT molecular complexity index is 1640. The third-order valence-electron chi connectivity index (χ3n) is 6.34. The van der Waals surface area contributed by atoms with Crippen LogP contribution in [0.15, 0.2) is 60.0 Å². The highest BCUT2D eigenvalue weighted by Crippen LogP contribution is 2.42. The number of pyridine rings is 1. The average Bonchev–Trinajstić information content (AvgIpc) is 3.61. The van der Waals surface area contributed by atoms with Gasteiger partial charge in [0.25, 0.3) is 5.56 Å². The Balaban J connectivity index is 1.47.